The molecule has 1 aliphatic rings. The highest BCUT2D eigenvalue weighted by molar-refractivity contribution is 5.95. The SMILES string of the molecule is C=CCC(C)NC(=O)N1CC(CC(=O)O)c2ccccc21. The van der Waals surface area contributed by atoms with Crippen molar-refractivity contribution >= 4 is 17.7 Å². The van der Waals surface area contributed by atoms with Crippen LogP contribution in [0.1, 0.15) is 31.2 Å². The summed E-state index contributed by atoms with van der Waals surface area (Å²) in [6.07, 6.45) is 2.49. The fraction of sp³-hybridized carbons (Fsp3) is 0.375. The number of carbonyl (C=O) groups excluding carboxylic acids is 1. The van der Waals surface area contributed by atoms with Crippen molar-refractivity contribution in [3.8, 4) is 0 Å². The molecule has 2 atom stereocenters. The van der Waals surface area contributed by atoms with E-state index < -0.39 is 5.97 Å². The van der Waals surface area contributed by atoms with E-state index in [1.165, 1.54) is 0 Å². The predicted octanol–water partition coefficient (Wildman–Crippen LogP) is 2.74. The average molecular weight is 288 g/mol. The summed E-state index contributed by atoms with van der Waals surface area (Å²) in [6.45, 7) is 5.97. The van der Waals surface area contributed by atoms with Gasteiger partial charge >= 0.3 is 12.0 Å². The number of carboxylic acid groups (broad SMARTS) is 1. The first-order chi connectivity index (χ1) is 10.0. The Labute approximate surface area is 124 Å². The first-order valence-corrected chi connectivity index (χ1v) is 7.02. The van der Waals surface area contributed by atoms with Gasteiger partial charge in [0.1, 0.15) is 0 Å². The summed E-state index contributed by atoms with van der Waals surface area (Å²) in [5.41, 5.74) is 1.72. The molecule has 2 rings (SSSR count). The number of fused-ring (bicyclic) bond motifs is 1. The second-order valence-corrected chi connectivity index (χ2v) is 5.34. The summed E-state index contributed by atoms with van der Waals surface area (Å²) in [5, 5.41) is 11.9. The maximum Gasteiger partial charge on any atom is 0.322 e. The Morgan fingerprint density at radius 3 is 2.90 bits per heavy atom. The number of para-hydroxylation sites is 1. The number of urea groups is 1. The van der Waals surface area contributed by atoms with E-state index in [9.17, 15) is 9.59 Å². The summed E-state index contributed by atoms with van der Waals surface area (Å²) in [6, 6.07) is 7.29. The van der Waals surface area contributed by atoms with Gasteiger partial charge in [-0.3, -0.25) is 9.69 Å². The van der Waals surface area contributed by atoms with Crippen molar-refractivity contribution in [3.63, 3.8) is 0 Å². The molecule has 112 valence electrons. The molecular formula is C16H20N2O3. The number of aliphatic carboxylic acids is 1. The number of hydrogen-bond acceptors (Lipinski definition) is 2. The molecule has 0 aliphatic carbocycles. The molecule has 1 heterocycles. The molecule has 0 fully saturated rings. The summed E-state index contributed by atoms with van der Waals surface area (Å²) in [5.74, 6) is -1.00. The fourth-order valence-corrected chi connectivity index (χ4v) is 2.67. The molecule has 2 amide bonds. The number of anilines is 1. The van der Waals surface area contributed by atoms with Crippen LogP contribution in [0.5, 0.6) is 0 Å². The number of carbonyl (C=O) groups is 2. The third-order valence-electron chi connectivity index (χ3n) is 3.63. The smallest absolute Gasteiger partial charge is 0.322 e. The topological polar surface area (TPSA) is 69.6 Å². The van der Waals surface area contributed by atoms with Crippen LogP contribution in [0.25, 0.3) is 0 Å². The highest BCUT2D eigenvalue weighted by Crippen LogP contribution is 2.37. The normalized spacial score (nSPS) is 18.0. The minimum absolute atomic E-state index is 0.000635. The van der Waals surface area contributed by atoms with Crippen molar-refractivity contribution in [2.75, 3.05) is 11.4 Å². The standard InChI is InChI=1S/C16H20N2O3/c1-3-6-11(2)17-16(21)18-10-12(9-15(19)20)13-7-4-5-8-14(13)18/h3-5,7-8,11-12H,1,6,9-10H2,2H3,(H,17,21)(H,19,20). The van der Waals surface area contributed by atoms with Gasteiger partial charge in [0.05, 0.1) is 6.42 Å². The number of rotatable bonds is 5. The number of benzene rings is 1. The van der Waals surface area contributed by atoms with Crippen molar-refractivity contribution in [2.24, 2.45) is 0 Å². The lowest BCUT2D eigenvalue weighted by Gasteiger charge is -2.21. The Balaban J connectivity index is 2.16. The molecule has 0 saturated carbocycles. The van der Waals surface area contributed by atoms with Crippen molar-refractivity contribution < 1.29 is 14.7 Å². The van der Waals surface area contributed by atoms with Gasteiger partial charge in [0.25, 0.3) is 0 Å². The summed E-state index contributed by atoms with van der Waals surface area (Å²) < 4.78 is 0. The van der Waals surface area contributed by atoms with Crippen LogP contribution in [0.15, 0.2) is 36.9 Å². The third-order valence-corrected chi connectivity index (χ3v) is 3.63. The van der Waals surface area contributed by atoms with Crippen LogP contribution < -0.4 is 10.2 Å². The Bertz CT molecular complexity index is 556. The third kappa shape index (κ3) is 3.42. The van der Waals surface area contributed by atoms with E-state index in [0.717, 1.165) is 11.3 Å². The second-order valence-electron chi connectivity index (χ2n) is 5.34. The Morgan fingerprint density at radius 2 is 2.24 bits per heavy atom. The molecule has 2 unspecified atom stereocenters. The molecule has 0 radical (unpaired) electrons. The molecular weight excluding hydrogens is 268 g/mol. The van der Waals surface area contributed by atoms with Gasteiger partial charge in [0.15, 0.2) is 0 Å². The lowest BCUT2D eigenvalue weighted by atomic mass is 9.98. The average Bonchev–Trinajstić information content (AvgIpc) is 2.77. The molecule has 0 bridgehead atoms. The van der Waals surface area contributed by atoms with Gasteiger partial charge in [0.2, 0.25) is 0 Å². The minimum Gasteiger partial charge on any atom is -0.481 e. The van der Waals surface area contributed by atoms with E-state index >= 15 is 0 Å². The van der Waals surface area contributed by atoms with Gasteiger partial charge in [-0.1, -0.05) is 24.3 Å². The molecule has 21 heavy (non-hydrogen) atoms. The number of nitrogens with zero attached hydrogens (tertiary/aromatic N) is 1. The zero-order valence-corrected chi connectivity index (χ0v) is 12.1. The fourth-order valence-electron chi connectivity index (χ4n) is 2.67. The highest BCUT2D eigenvalue weighted by atomic mass is 16.4. The number of amides is 2. The van der Waals surface area contributed by atoms with Crippen LogP contribution in [0.4, 0.5) is 10.5 Å². The van der Waals surface area contributed by atoms with Gasteiger partial charge in [0, 0.05) is 24.2 Å². The van der Waals surface area contributed by atoms with E-state index in [2.05, 4.69) is 11.9 Å². The zero-order chi connectivity index (χ0) is 15.4. The van der Waals surface area contributed by atoms with E-state index in [-0.39, 0.29) is 24.4 Å². The largest absolute Gasteiger partial charge is 0.481 e. The van der Waals surface area contributed by atoms with E-state index in [4.69, 9.17) is 5.11 Å². The van der Waals surface area contributed by atoms with Gasteiger partial charge in [-0.2, -0.15) is 0 Å². The van der Waals surface area contributed by atoms with Gasteiger partial charge in [-0.25, -0.2) is 4.79 Å². The predicted molar refractivity (Wildman–Crippen MR) is 81.6 cm³/mol. The monoisotopic (exact) mass is 288 g/mol. The van der Waals surface area contributed by atoms with Gasteiger partial charge in [-0.15, -0.1) is 6.58 Å². The van der Waals surface area contributed by atoms with Crippen LogP contribution in [-0.4, -0.2) is 29.7 Å². The van der Waals surface area contributed by atoms with Crippen molar-refractivity contribution in [3.05, 3.63) is 42.5 Å². The van der Waals surface area contributed by atoms with Gasteiger partial charge in [-0.05, 0) is 25.0 Å². The van der Waals surface area contributed by atoms with Crippen molar-refractivity contribution in [2.45, 2.75) is 31.7 Å². The van der Waals surface area contributed by atoms with Crippen LogP contribution in [-0.2, 0) is 4.79 Å². The maximum absolute atomic E-state index is 12.4. The Hall–Kier alpha value is -2.30. The van der Waals surface area contributed by atoms with E-state index in [0.29, 0.717) is 13.0 Å². The van der Waals surface area contributed by atoms with Crippen molar-refractivity contribution in [1.29, 1.82) is 0 Å². The summed E-state index contributed by atoms with van der Waals surface area (Å²) in [7, 11) is 0. The first-order valence-electron chi connectivity index (χ1n) is 7.02. The lowest BCUT2D eigenvalue weighted by molar-refractivity contribution is -0.137. The zero-order valence-electron chi connectivity index (χ0n) is 12.1. The molecule has 5 heteroatoms. The lowest BCUT2D eigenvalue weighted by Crippen LogP contribution is -2.43. The van der Waals surface area contributed by atoms with Crippen molar-refractivity contribution in [1.82, 2.24) is 5.32 Å². The summed E-state index contributed by atoms with van der Waals surface area (Å²) in [4.78, 5) is 25.0. The summed E-state index contributed by atoms with van der Waals surface area (Å²) >= 11 is 0. The number of nitrogens with one attached hydrogen (secondary N) is 1. The molecule has 1 aromatic rings. The van der Waals surface area contributed by atoms with Crippen LogP contribution in [0, 0.1) is 0 Å². The van der Waals surface area contributed by atoms with Crippen LogP contribution in [0.3, 0.4) is 0 Å². The Kier molecular flexibility index (Phi) is 4.62. The highest BCUT2D eigenvalue weighted by Gasteiger charge is 2.33. The Morgan fingerprint density at radius 1 is 1.52 bits per heavy atom. The first kappa shape index (κ1) is 15.1. The van der Waals surface area contributed by atoms with Gasteiger partial charge < -0.3 is 10.4 Å². The molecule has 0 saturated heterocycles. The number of carboxylic acids is 1. The molecule has 0 spiro atoms. The van der Waals surface area contributed by atoms with Crippen LogP contribution in [0.2, 0.25) is 0 Å². The molecule has 5 nitrogen and oxygen atoms in total. The minimum atomic E-state index is -0.850. The molecule has 0 aromatic heterocycles. The maximum atomic E-state index is 12.4. The van der Waals surface area contributed by atoms with E-state index in [1.54, 1.807) is 11.0 Å². The van der Waals surface area contributed by atoms with E-state index in [1.807, 2.05) is 31.2 Å². The molecule has 1 aliphatic heterocycles. The molecule has 2 N–H and O–H groups in total. The quantitative estimate of drug-likeness (QED) is 0.818. The molecule has 1 aromatic carbocycles. The van der Waals surface area contributed by atoms with Crippen LogP contribution >= 0.6 is 0 Å². The number of hydrogen-bond donors (Lipinski definition) is 2. The second kappa shape index (κ2) is 6.43.